The number of Topliss-reactive ketones (excluding diaryl/α,β-unsaturated/α-hetero) is 1. The third-order valence-corrected chi connectivity index (χ3v) is 8.25. The summed E-state index contributed by atoms with van der Waals surface area (Å²) in [5.74, 6) is 1.47. The van der Waals surface area contributed by atoms with Gasteiger partial charge in [-0.25, -0.2) is 0 Å². The molecule has 0 unspecified atom stereocenters. The minimum Gasteiger partial charge on any atom is -0.382 e. The summed E-state index contributed by atoms with van der Waals surface area (Å²) in [6.07, 6.45) is 11.3. The predicted molar refractivity (Wildman–Crippen MR) is 92.2 cm³/mol. The fourth-order valence-corrected chi connectivity index (χ4v) is 6.59. The highest BCUT2D eigenvalue weighted by Gasteiger charge is 2.64. The zero-order valence-electron chi connectivity index (χ0n) is 15.0. The Morgan fingerprint density at radius 2 is 1.88 bits per heavy atom. The maximum absolute atomic E-state index is 12.2. The normalized spacial score (nSPS) is 49.9. The van der Waals surface area contributed by atoms with Crippen molar-refractivity contribution >= 4 is 11.6 Å². The minimum absolute atomic E-state index is 0.0687. The summed E-state index contributed by atoms with van der Waals surface area (Å²) in [5, 5.41) is 11.1. The maximum atomic E-state index is 12.2. The van der Waals surface area contributed by atoms with Crippen molar-refractivity contribution in [3.63, 3.8) is 0 Å². The van der Waals surface area contributed by atoms with Crippen molar-refractivity contribution in [3.05, 3.63) is 23.8 Å². The van der Waals surface area contributed by atoms with Crippen molar-refractivity contribution in [2.45, 2.75) is 64.9 Å². The quantitative estimate of drug-likeness (QED) is 0.800. The third-order valence-electron chi connectivity index (χ3n) is 8.25. The first-order chi connectivity index (χ1) is 11.2. The van der Waals surface area contributed by atoms with Gasteiger partial charge < -0.3 is 5.11 Å². The van der Waals surface area contributed by atoms with Gasteiger partial charge in [-0.2, -0.15) is 0 Å². The molecule has 0 radical (unpaired) electrons. The van der Waals surface area contributed by atoms with E-state index in [0.717, 1.165) is 25.7 Å². The minimum atomic E-state index is -1.16. The first-order valence-corrected chi connectivity index (χ1v) is 9.39. The fraction of sp³-hybridized carbons (Fsp3) is 0.714. The second-order valence-electron chi connectivity index (χ2n) is 9.04. The van der Waals surface area contributed by atoms with E-state index in [9.17, 15) is 14.7 Å². The van der Waals surface area contributed by atoms with Crippen LogP contribution in [0, 0.1) is 28.6 Å². The lowest BCUT2D eigenvalue weighted by Gasteiger charge is -2.56. The summed E-state index contributed by atoms with van der Waals surface area (Å²) < 4.78 is 0. The van der Waals surface area contributed by atoms with E-state index in [4.69, 9.17) is 0 Å². The van der Waals surface area contributed by atoms with Crippen LogP contribution in [0.25, 0.3) is 0 Å². The van der Waals surface area contributed by atoms with Gasteiger partial charge in [0.2, 0.25) is 0 Å². The highest BCUT2D eigenvalue weighted by atomic mass is 16.3. The maximum Gasteiger partial charge on any atom is 0.161 e. The number of carbonyl (C=O) groups excluding carboxylic acids is 2. The van der Waals surface area contributed by atoms with Crippen LogP contribution in [0.15, 0.2) is 23.8 Å². The third kappa shape index (κ3) is 1.82. The first-order valence-electron chi connectivity index (χ1n) is 9.39. The number of hydrogen-bond acceptors (Lipinski definition) is 3. The molecule has 0 aliphatic heterocycles. The van der Waals surface area contributed by atoms with Crippen molar-refractivity contribution in [3.8, 4) is 0 Å². The van der Waals surface area contributed by atoms with E-state index in [0.29, 0.717) is 30.6 Å². The number of fused-ring (bicyclic) bond motifs is 5. The molecule has 130 valence electrons. The Balaban J connectivity index is 1.75. The molecular weight excluding hydrogens is 300 g/mol. The van der Waals surface area contributed by atoms with Gasteiger partial charge in [-0.15, -0.1) is 0 Å². The van der Waals surface area contributed by atoms with Gasteiger partial charge in [0.1, 0.15) is 5.60 Å². The van der Waals surface area contributed by atoms with E-state index in [-0.39, 0.29) is 22.4 Å². The van der Waals surface area contributed by atoms with Gasteiger partial charge in [0, 0.05) is 11.8 Å². The van der Waals surface area contributed by atoms with Crippen molar-refractivity contribution in [1.82, 2.24) is 0 Å². The largest absolute Gasteiger partial charge is 0.382 e. The molecule has 4 rings (SSSR count). The van der Waals surface area contributed by atoms with Crippen LogP contribution in [0.4, 0.5) is 0 Å². The Morgan fingerprint density at radius 1 is 1.17 bits per heavy atom. The van der Waals surface area contributed by atoms with Crippen LogP contribution in [0.2, 0.25) is 0 Å². The SMILES string of the molecule is CC(=O)[C@@]1(O)CC[C@@H]2[C@H]3C=CC4=CC(=O)CC[C@]4(C)[C@H]3CC[C@@]21C. The molecule has 3 heteroatoms. The standard InChI is InChI=1S/C21H28O3/c1-13(22)21(24)11-8-18-16-5-4-14-12-15(23)6-9-19(14,2)17(16)7-10-20(18,21)3/h4-5,12,16-18,24H,6-11H2,1-3H3/t16-,17-,18+,19-,20-,21-/m0/s1. The summed E-state index contributed by atoms with van der Waals surface area (Å²) >= 11 is 0. The van der Waals surface area contributed by atoms with Gasteiger partial charge in [-0.3, -0.25) is 9.59 Å². The molecule has 0 amide bonds. The van der Waals surface area contributed by atoms with Gasteiger partial charge in [0.25, 0.3) is 0 Å². The molecule has 0 heterocycles. The summed E-state index contributed by atoms with van der Waals surface area (Å²) in [4.78, 5) is 24.0. The Kier molecular flexibility index (Phi) is 3.32. The topological polar surface area (TPSA) is 54.4 Å². The Morgan fingerprint density at radius 3 is 2.58 bits per heavy atom. The van der Waals surface area contributed by atoms with Gasteiger partial charge in [0.15, 0.2) is 11.6 Å². The predicted octanol–water partition coefficient (Wildman–Crippen LogP) is 3.61. The Labute approximate surface area is 144 Å². The van der Waals surface area contributed by atoms with E-state index in [1.807, 2.05) is 6.08 Å². The Bertz CT molecular complexity index is 675. The molecule has 24 heavy (non-hydrogen) atoms. The molecule has 0 aromatic heterocycles. The first kappa shape index (κ1) is 16.3. The van der Waals surface area contributed by atoms with Crippen LogP contribution in [0.5, 0.6) is 0 Å². The zero-order valence-corrected chi connectivity index (χ0v) is 15.0. The van der Waals surface area contributed by atoms with Crippen molar-refractivity contribution in [2.24, 2.45) is 28.6 Å². The number of rotatable bonds is 1. The second kappa shape index (κ2) is 4.91. The lowest BCUT2D eigenvalue weighted by Crippen LogP contribution is -2.56. The van der Waals surface area contributed by atoms with E-state index in [1.165, 1.54) is 5.57 Å². The average molecular weight is 328 g/mol. The fourth-order valence-electron chi connectivity index (χ4n) is 6.59. The molecule has 0 aromatic carbocycles. The van der Waals surface area contributed by atoms with Crippen LogP contribution in [0.1, 0.15) is 59.3 Å². The van der Waals surface area contributed by atoms with Gasteiger partial charge in [-0.1, -0.05) is 26.0 Å². The van der Waals surface area contributed by atoms with E-state index in [2.05, 4.69) is 26.0 Å². The summed E-state index contributed by atoms with van der Waals surface area (Å²) in [6, 6.07) is 0. The number of carbonyl (C=O) groups is 2. The lowest BCUT2D eigenvalue weighted by atomic mass is 9.48. The molecule has 0 bridgehead atoms. The zero-order chi connectivity index (χ0) is 17.3. The number of hydrogen-bond donors (Lipinski definition) is 1. The highest BCUT2D eigenvalue weighted by Crippen LogP contribution is 2.66. The monoisotopic (exact) mass is 328 g/mol. The molecular formula is C21H28O3. The number of aliphatic hydroxyl groups is 1. The van der Waals surface area contributed by atoms with Crippen molar-refractivity contribution in [1.29, 1.82) is 0 Å². The van der Waals surface area contributed by atoms with Crippen molar-refractivity contribution < 1.29 is 14.7 Å². The molecule has 1 N–H and O–H groups in total. The van der Waals surface area contributed by atoms with Gasteiger partial charge >= 0.3 is 0 Å². The summed E-state index contributed by atoms with van der Waals surface area (Å²) in [7, 11) is 0. The number of ketones is 2. The number of allylic oxidation sites excluding steroid dienone is 4. The molecule has 4 aliphatic rings. The van der Waals surface area contributed by atoms with Crippen LogP contribution in [-0.4, -0.2) is 22.3 Å². The lowest BCUT2D eigenvalue weighted by molar-refractivity contribution is -0.156. The van der Waals surface area contributed by atoms with Gasteiger partial charge in [-0.05, 0) is 73.8 Å². The summed E-state index contributed by atoms with van der Waals surface area (Å²) in [6.45, 7) is 6.00. The molecule has 4 aliphatic carbocycles. The van der Waals surface area contributed by atoms with Gasteiger partial charge in [0.05, 0.1) is 0 Å². The summed E-state index contributed by atoms with van der Waals surface area (Å²) in [5.41, 5.74) is -0.197. The molecule has 0 spiro atoms. The molecule has 0 aromatic rings. The molecule has 2 saturated carbocycles. The highest BCUT2D eigenvalue weighted by molar-refractivity contribution is 5.92. The van der Waals surface area contributed by atoms with Crippen LogP contribution in [-0.2, 0) is 9.59 Å². The van der Waals surface area contributed by atoms with E-state index in [1.54, 1.807) is 6.92 Å². The molecule has 0 saturated heterocycles. The second-order valence-corrected chi connectivity index (χ2v) is 9.04. The van der Waals surface area contributed by atoms with Crippen LogP contribution in [0.3, 0.4) is 0 Å². The van der Waals surface area contributed by atoms with Crippen molar-refractivity contribution in [2.75, 3.05) is 0 Å². The van der Waals surface area contributed by atoms with E-state index >= 15 is 0 Å². The molecule has 3 nitrogen and oxygen atoms in total. The molecule has 6 atom stereocenters. The Hall–Kier alpha value is -1.22. The molecule has 2 fully saturated rings. The van der Waals surface area contributed by atoms with E-state index < -0.39 is 5.60 Å². The van der Waals surface area contributed by atoms with Crippen LogP contribution < -0.4 is 0 Å². The van der Waals surface area contributed by atoms with Crippen LogP contribution >= 0.6 is 0 Å². The average Bonchev–Trinajstić information content (AvgIpc) is 2.81. The smallest absolute Gasteiger partial charge is 0.161 e.